The lowest BCUT2D eigenvalue weighted by molar-refractivity contribution is -0.115. The third-order valence-electron chi connectivity index (χ3n) is 4.38. The van der Waals surface area contributed by atoms with Crippen LogP contribution in [-0.2, 0) is 17.6 Å². The number of carbonyl (C=O) groups excluding carboxylic acids is 1. The van der Waals surface area contributed by atoms with Crippen molar-refractivity contribution >= 4 is 17.2 Å². The largest absolute Gasteiger partial charge is 0.334 e. The average Bonchev–Trinajstić information content (AvgIpc) is 3.31. The van der Waals surface area contributed by atoms with Gasteiger partial charge in [-0.3, -0.25) is 9.20 Å². The minimum Gasteiger partial charge on any atom is -0.334 e. The van der Waals surface area contributed by atoms with Gasteiger partial charge < -0.3 is 9.84 Å². The van der Waals surface area contributed by atoms with Crippen LogP contribution in [0.3, 0.4) is 0 Å². The number of benzene rings is 1. The van der Waals surface area contributed by atoms with E-state index in [0.717, 1.165) is 18.4 Å². The molecule has 1 N–H and O–H groups in total. The molecule has 29 heavy (non-hydrogen) atoms. The number of rotatable bonds is 6. The van der Waals surface area contributed by atoms with Crippen molar-refractivity contribution in [3.63, 3.8) is 0 Å². The first-order valence-corrected chi connectivity index (χ1v) is 9.26. The van der Waals surface area contributed by atoms with Crippen LogP contribution < -0.4 is 5.32 Å². The SMILES string of the molecule is CCCc1noc(-c2ccc3nnc(CC(=O)Nc4ccc(C)cc4F)n3c2)n1. The molecule has 4 aromatic rings. The molecule has 0 fully saturated rings. The van der Waals surface area contributed by atoms with Gasteiger partial charge in [0.05, 0.1) is 17.7 Å². The first-order valence-electron chi connectivity index (χ1n) is 9.26. The summed E-state index contributed by atoms with van der Waals surface area (Å²) in [6.07, 6.45) is 3.33. The molecular weight excluding hydrogens is 375 g/mol. The van der Waals surface area contributed by atoms with Gasteiger partial charge in [-0.25, -0.2) is 4.39 Å². The zero-order valence-electron chi connectivity index (χ0n) is 16.0. The fourth-order valence-electron chi connectivity index (χ4n) is 2.94. The number of nitrogens with zero attached hydrogens (tertiary/aromatic N) is 5. The van der Waals surface area contributed by atoms with Crippen molar-refractivity contribution in [1.29, 1.82) is 0 Å². The van der Waals surface area contributed by atoms with Crippen LogP contribution in [0.2, 0.25) is 0 Å². The Kier molecular flexibility index (Phi) is 5.03. The second-order valence-electron chi connectivity index (χ2n) is 6.74. The minimum atomic E-state index is -0.481. The summed E-state index contributed by atoms with van der Waals surface area (Å²) in [5.41, 5.74) is 2.17. The fourth-order valence-corrected chi connectivity index (χ4v) is 2.94. The van der Waals surface area contributed by atoms with Crippen LogP contribution in [0, 0.1) is 12.7 Å². The summed E-state index contributed by atoms with van der Waals surface area (Å²) in [5, 5.41) is 14.7. The molecule has 3 heterocycles. The monoisotopic (exact) mass is 394 g/mol. The Balaban J connectivity index is 1.56. The molecule has 0 radical (unpaired) electrons. The molecule has 0 aliphatic carbocycles. The van der Waals surface area contributed by atoms with E-state index < -0.39 is 11.7 Å². The maximum Gasteiger partial charge on any atom is 0.259 e. The highest BCUT2D eigenvalue weighted by Crippen LogP contribution is 2.20. The molecule has 0 aliphatic rings. The average molecular weight is 394 g/mol. The lowest BCUT2D eigenvalue weighted by Gasteiger charge is -2.06. The molecule has 0 saturated heterocycles. The fraction of sp³-hybridized carbons (Fsp3) is 0.250. The van der Waals surface area contributed by atoms with Gasteiger partial charge in [0.15, 0.2) is 11.5 Å². The summed E-state index contributed by atoms with van der Waals surface area (Å²) in [7, 11) is 0. The zero-order valence-corrected chi connectivity index (χ0v) is 16.0. The van der Waals surface area contributed by atoms with E-state index >= 15 is 0 Å². The molecular formula is C20H19FN6O2. The molecule has 9 heteroatoms. The van der Waals surface area contributed by atoms with Gasteiger partial charge in [0, 0.05) is 12.6 Å². The molecule has 0 unspecified atom stereocenters. The normalized spacial score (nSPS) is 11.1. The van der Waals surface area contributed by atoms with Crippen molar-refractivity contribution in [2.75, 3.05) is 5.32 Å². The minimum absolute atomic E-state index is 0.0666. The Morgan fingerprint density at radius 3 is 2.90 bits per heavy atom. The van der Waals surface area contributed by atoms with E-state index in [1.165, 1.54) is 12.1 Å². The number of nitrogens with one attached hydrogen (secondary N) is 1. The molecule has 0 aliphatic heterocycles. The maximum atomic E-state index is 14.0. The summed E-state index contributed by atoms with van der Waals surface area (Å²) >= 11 is 0. The van der Waals surface area contributed by atoms with Crippen molar-refractivity contribution in [3.8, 4) is 11.5 Å². The molecule has 148 valence electrons. The van der Waals surface area contributed by atoms with Crippen LogP contribution >= 0.6 is 0 Å². The van der Waals surface area contributed by atoms with Gasteiger partial charge in [0.1, 0.15) is 11.6 Å². The number of hydrogen-bond acceptors (Lipinski definition) is 6. The van der Waals surface area contributed by atoms with E-state index in [4.69, 9.17) is 4.52 Å². The molecule has 1 aromatic carbocycles. The highest BCUT2D eigenvalue weighted by molar-refractivity contribution is 5.92. The molecule has 0 atom stereocenters. The van der Waals surface area contributed by atoms with Crippen LogP contribution in [0.1, 0.15) is 30.6 Å². The van der Waals surface area contributed by atoms with Gasteiger partial charge in [-0.15, -0.1) is 10.2 Å². The second-order valence-corrected chi connectivity index (χ2v) is 6.74. The number of carbonyl (C=O) groups is 1. The van der Waals surface area contributed by atoms with Crippen molar-refractivity contribution in [1.82, 2.24) is 24.7 Å². The Morgan fingerprint density at radius 2 is 2.10 bits per heavy atom. The topological polar surface area (TPSA) is 98.2 Å². The summed E-state index contributed by atoms with van der Waals surface area (Å²) in [5.74, 6) is 0.578. The van der Waals surface area contributed by atoms with Gasteiger partial charge in [0.2, 0.25) is 5.91 Å². The van der Waals surface area contributed by atoms with Crippen LogP contribution in [0.25, 0.3) is 17.1 Å². The number of anilines is 1. The molecule has 8 nitrogen and oxygen atoms in total. The molecule has 1 amide bonds. The van der Waals surface area contributed by atoms with E-state index in [2.05, 4.69) is 25.7 Å². The third-order valence-corrected chi connectivity index (χ3v) is 4.38. The standard InChI is InChI=1S/C20H19FN6O2/c1-3-4-16-23-20(29-26-16)13-6-8-17-24-25-18(27(17)11-13)10-19(28)22-15-7-5-12(2)9-14(15)21/h5-9,11H,3-4,10H2,1-2H3,(H,22,28). The van der Waals surface area contributed by atoms with Crippen molar-refractivity contribution in [2.24, 2.45) is 0 Å². The molecule has 0 spiro atoms. The number of pyridine rings is 1. The number of amides is 1. The summed E-state index contributed by atoms with van der Waals surface area (Å²) in [6.45, 7) is 3.82. The predicted octanol–water partition coefficient (Wildman–Crippen LogP) is 3.36. The molecule has 0 saturated carbocycles. The third kappa shape index (κ3) is 3.98. The molecule has 3 aromatic heterocycles. The number of hydrogen-bond donors (Lipinski definition) is 1. The lowest BCUT2D eigenvalue weighted by Crippen LogP contribution is -2.17. The van der Waals surface area contributed by atoms with Gasteiger partial charge in [-0.05, 0) is 43.2 Å². The quantitative estimate of drug-likeness (QED) is 0.538. The van der Waals surface area contributed by atoms with E-state index in [1.807, 2.05) is 6.92 Å². The van der Waals surface area contributed by atoms with E-state index in [9.17, 15) is 9.18 Å². The number of aromatic nitrogens is 5. The van der Waals surface area contributed by atoms with Crippen LogP contribution in [0.5, 0.6) is 0 Å². The highest BCUT2D eigenvalue weighted by atomic mass is 19.1. The van der Waals surface area contributed by atoms with Crippen LogP contribution in [-0.4, -0.2) is 30.6 Å². The van der Waals surface area contributed by atoms with Crippen molar-refractivity contribution < 1.29 is 13.7 Å². The smallest absolute Gasteiger partial charge is 0.259 e. The van der Waals surface area contributed by atoms with Gasteiger partial charge in [-0.2, -0.15) is 4.98 Å². The Bertz CT molecular complexity index is 1180. The van der Waals surface area contributed by atoms with E-state index in [1.54, 1.807) is 35.7 Å². The number of halogens is 1. The first-order chi connectivity index (χ1) is 14.0. The van der Waals surface area contributed by atoms with Crippen LogP contribution in [0.4, 0.5) is 10.1 Å². The Labute approximate surface area is 165 Å². The zero-order chi connectivity index (χ0) is 20.4. The van der Waals surface area contributed by atoms with Crippen LogP contribution in [0.15, 0.2) is 41.1 Å². The van der Waals surface area contributed by atoms with Gasteiger partial charge in [0.25, 0.3) is 5.89 Å². The summed E-state index contributed by atoms with van der Waals surface area (Å²) in [6, 6.07) is 8.19. The van der Waals surface area contributed by atoms with Crippen molar-refractivity contribution in [2.45, 2.75) is 33.1 Å². The maximum absolute atomic E-state index is 14.0. The van der Waals surface area contributed by atoms with E-state index in [-0.39, 0.29) is 12.1 Å². The molecule has 0 bridgehead atoms. The summed E-state index contributed by atoms with van der Waals surface area (Å²) in [4.78, 5) is 16.8. The second kappa shape index (κ2) is 7.78. The predicted molar refractivity (Wildman–Crippen MR) is 104 cm³/mol. The van der Waals surface area contributed by atoms with Crippen molar-refractivity contribution in [3.05, 3.63) is 59.6 Å². The summed E-state index contributed by atoms with van der Waals surface area (Å²) < 4.78 is 21.0. The first kappa shape index (κ1) is 18.7. The number of aryl methyl sites for hydroxylation is 2. The van der Waals surface area contributed by atoms with Gasteiger partial charge >= 0.3 is 0 Å². The number of fused-ring (bicyclic) bond motifs is 1. The Hall–Kier alpha value is -3.62. The highest BCUT2D eigenvalue weighted by Gasteiger charge is 2.15. The van der Waals surface area contributed by atoms with E-state index in [0.29, 0.717) is 28.8 Å². The van der Waals surface area contributed by atoms with Gasteiger partial charge in [-0.1, -0.05) is 18.1 Å². The molecule has 4 rings (SSSR count). The Morgan fingerprint density at radius 1 is 1.24 bits per heavy atom. The lowest BCUT2D eigenvalue weighted by atomic mass is 10.2.